The van der Waals surface area contributed by atoms with E-state index in [4.69, 9.17) is 9.47 Å². The molecule has 1 fully saturated rings. The molecule has 0 N–H and O–H groups in total. The molecule has 2 aliphatic rings. The second-order valence-electron chi connectivity index (χ2n) is 8.62. The Balaban J connectivity index is 1.64. The lowest BCUT2D eigenvalue weighted by Crippen LogP contribution is -2.33. The summed E-state index contributed by atoms with van der Waals surface area (Å²) < 4.78 is 39.2. The van der Waals surface area contributed by atoms with Crippen LogP contribution in [0.15, 0.2) is 41.3 Å². The Hall–Kier alpha value is -2.58. The number of rotatable bonds is 5. The monoisotopic (exact) mass is 444 g/mol. The van der Waals surface area contributed by atoms with Crippen LogP contribution in [0, 0.1) is 0 Å². The minimum absolute atomic E-state index is 0.0124. The molecule has 31 heavy (non-hydrogen) atoms. The molecule has 2 heterocycles. The maximum atomic E-state index is 13.4. The third-order valence-electron chi connectivity index (χ3n) is 6.51. The fraction of sp³-hybridized carbons (Fsp3) is 0.435. The van der Waals surface area contributed by atoms with Crippen molar-refractivity contribution >= 4 is 21.6 Å². The zero-order chi connectivity index (χ0) is 22.6. The molecule has 1 saturated heterocycles. The largest absolute Gasteiger partial charge is 0.497 e. The van der Waals surface area contributed by atoms with Crippen LogP contribution >= 0.6 is 0 Å². The molecule has 7 nitrogen and oxygen atoms in total. The zero-order valence-corrected chi connectivity index (χ0v) is 19.3. The number of hydrogen-bond donors (Lipinski definition) is 0. The molecule has 0 radical (unpaired) electrons. The summed E-state index contributed by atoms with van der Waals surface area (Å²) in [7, 11) is 1.24. The van der Waals surface area contributed by atoms with E-state index in [1.54, 1.807) is 44.4 Å². The van der Waals surface area contributed by atoms with Crippen LogP contribution in [0.1, 0.15) is 37.3 Å². The number of nitrogens with zero attached hydrogens (tertiary/aromatic N) is 2. The van der Waals surface area contributed by atoms with Crippen LogP contribution in [0.25, 0.3) is 0 Å². The third kappa shape index (κ3) is 3.38. The number of fused-ring (bicyclic) bond motifs is 1. The van der Waals surface area contributed by atoms with E-state index in [-0.39, 0.29) is 16.7 Å². The Morgan fingerprint density at radius 2 is 1.81 bits per heavy atom. The Kier molecular flexibility index (Phi) is 5.26. The minimum Gasteiger partial charge on any atom is -0.497 e. The van der Waals surface area contributed by atoms with Crippen molar-refractivity contribution in [2.24, 2.45) is 0 Å². The van der Waals surface area contributed by atoms with Gasteiger partial charge >= 0.3 is 0 Å². The van der Waals surface area contributed by atoms with Crippen LogP contribution in [0.4, 0.5) is 5.69 Å². The maximum absolute atomic E-state index is 13.4. The van der Waals surface area contributed by atoms with Crippen LogP contribution in [-0.4, -0.2) is 53.0 Å². The maximum Gasteiger partial charge on any atom is 0.243 e. The van der Waals surface area contributed by atoms with Gasteiger partial charge < -0.3 is 14.4 Å². The van der Waals surface area contributed by atoms with Crippen molar-refractivity contribution in [1.82, 2.24) is 4.31 Å². The molecule has 0 unspecified atom stereocenters. The van der Waals surface area contributed by atoms with Gasteiger partial charge in [0, 0.05) is 37.3 Å². The van der Waals surface area contributed by atoms with E-state index < -0.39 is 15.4 Å². The average molecular weight is 445 g/mol. The molecule has 0 spiro atoms. The highest BCUT2D eigenvalue weighted by Crippen LogP contribution is 2.43. The zero-order valence-electron chi connectivity index (χ0n) is 18.5. The molecule has 0 saturated carbocycles. The van der Waals surface area contributed by atoms with Crippen molar-refractivity contribution in [2.45, 2.75) is 36.5 Å². The fourth-order valence-electron chi connectivity index (χ4n) is 4.62. The van der Waals surface area contributed by atoms with Crippen molar-refractivity contribution in [2.75, 3.05) is 39.3 Å². The molecule has 0 bridgehead atoms. The van der Waals surface area contributed by atoms with Crippen molar-refractivity contribution in [3.05, 3.63) is 47.5 Å². The highest BCUT2D eigenvalue weighted by molar-refractivity contribution is 7.89. The summed E-state index contributed by atoms with van der Waals surface area (Å²) in [6, 6.07) is 10.6. The number of ether oxygens (including phenoxy) is 2. The van der Waals surface area contributed by atoms with E-state index in [0.717, 1.165) is 22.6 Å². The van der Waals surface area contributed by atoms with Crippen LogP contribution < -0.4 is 14.4 Å². The molecule has 166 valence electrons. The average Bonchev–Trinajstić information content (AvgIpc) is 3.33. The smallest absolute Gasteiger partial charge is 0.243 e. The molecular weight excluding hydrogens is 416 g/mol. The van der Waals surface area contributed by atoms with E-state index in [1.807, 2.05) is 32.0 Å². The van der Waals surface area contributed by atoms with E-state index in [2.05, 4.69) is 0 Å². The molecule has 1 amide bonds. The van der Waals surface area contributed by atoms with Gasteiger partial charge in [0.1, 0.15) is 11.5 Å². The van der Waals surface area contributed by atoms with Gasteiger partial charge in [0.05, 0.1) is 24.5 Å². The van der Waals surface area contributed by atoms with Crippen molar-refractivity contribution < 1.29 is 22.7 Å². The van der Waals surface area contributed by atoms with E-state index in [0.29, 0.717) is 25.3 Å². The van der Waals surface area contributed by atoms with E-state index in [1.165, 1.54) is 4.31 Å². The van der Waals surface area contributed by atoms with Gasteiger partial charge in [-0.25, -0.2) is 8.42 Å². The van der Waals surface area contributed by atoms with E-state index in [9.17, 15) is 13.2 Å². The predicted molar refractivity (Wildman–Crippen MR) is 119 cm³/mol. The molecule has 0 aromatic heterocycles. The first-order valence-corrected chi connectivity index (χ1v) is 11.7. The number of methoxy groups -OCH3 is 2. The summed E-state index contributed by atoms with van der Waals surface area (Å²) >= 11 is 0. The number of amides is 1. The Morgan fingerprint density at radius 1 is 1.06 bits per heavy atom. The number of anilines is 1. The fourth-order valence-corrected chi connectivity index (χ4v) is 6.15. The summed E-state index contributed by atoms with van der Waals surface area (Å²) in [6.45, 7) is 4.45. The molecule has 2 aromatic carbocycles. The van der Waals surface area contributed by atoms with Gasteiger partial charge in [0.25, 0.3) is 0 Å². The Bertz CT molecular complexity index is 1140. The Morgan fingerprint density at radius 3 is 2.48 bits per heavy atom. The number of sulfonamides is 1. The summed E-state index contributed by atoms with van der Waals surface area (Å²) in [5, 5.41) is 0. The first-order valence-electron chi connectivity index (χ1n) is 10.3. The SMILES string of the molecule is COc1ccc(OC)c([C@@H]2CCN(S(=O)(=O)c3ccc4c(c3)C(C)(C)C(=O)N4C)C2)c1. The van der Waals surface area contributed by atoms with Crippen LogP contribution in [-0.2, 0) is 20.2 Å². The molecule has 2 aromatic rings. The summed E-state index contributed by atoms with van der Waals surface area (Å²) in [6.07, 6.45) is 0.695. The van der Waals surface area contributed by atoms with Crippen LogP contribution in [0.3, 0.4) is 0 Å². The second-order valence-corrected chi connectivity index (χ2v) is 10.6. The lowest BCUT2D eigenvalue weighted by Gasteiger charge is -2.20. The molecule has 4 rings (SSSR count). The second kappa shape index (κ2) is 7.53. The highest BCUT2D eigenvalue weighted by Gasteiger charge is 2.43. The molecule has 0 aliphatic carbocycles. The summed E-state index contributed by atoms with van der Waals surface area (Å²) in [4.78, 5) is 14.4. The van der Waals surface area contributed by atoms with Crippen molar-refractivity contribution in [3.63, 3.8) is 0 Å². The number of hydrogen-bond acceptors (Lipinski definition) is 5. The molecule has 2 aliphatic heterocycles. The number of likely N-dealkylation sites (N-methyl/N-ethyl adjacent to an activating group) is 1. The topological polar surface area (TPSA) is 76.1 Å². The van der Waals surface area contributed by atoms with Gasteiger partial charge in [-0.3, -0.25) is 4.79 Å². The molecule has 1 atom stereocenters. The number of carbonyl (C=O) groups is 1. The van der Waals surface area contributed by atoms with Gasteiger partial charge in [-0.15, -0.1) is 0 Å². The predicted octanol–water partition coefficient (Wildman–Crippen LogP) is 3.14. The first-order chi connectivity index (χ1) is 14.6. The minimum atomic E-state index is -3.69. The van der Waals surface area contributed by atoms with Gasteiger partial charge in [-0.2, -0.15) is 4.31 Å². The van der Waals surface area contributed by atoms with Gasteiger partial charge in [0.2, 0.25) is 15.9 Å². The highest BCUT2D eigenvalue weighted by atomic mass is 32.2. The molecular formula is C23H28N2O5S. The van der Waals surface area contributed by atoms with Gasteiger partial charge in [0.15, 0.2) is 0 Å². The van der Waals surface area contributed by atoms with Crippen molar-refractivity contribution in [1.29, 1.82) is 0 Å². The van der Waals surface area contributed by atoms with Crippen LogP contribution in [0.5, 0.6) is 11.5 Å². The first kappa shape index (κ1) is 21.6. The lowest BCUT2D eigenvalue weighted by molar-refractivity contribution is -0.121. The number of carbonyl (C=O) groups excluding carboxylic acids is 1. The van der Waals surface area contributed by atoms with E-state index >= 15 is 0 Å². The third-order valence-corrected chi connectivity index (χ3v) is 8.37. The van der Waals surface area contributed by atoms with Gasteiger partial charge in [-0.05, 0) is 62.2 Å². The molecule has 8 heteroatoms. The normalized spacial score (nSPS) is 20.7. The number of benzene rings is 2. The van der Waals surface area contributed by atoms with Crippen molar-refractivity contribution in [3.8, 4) is 11.5 Å². The van der Waals surface area contributed by atoms with Crippen LogP contribution in [0.2, 0.25) is 0 Å². The standard InChI is InChI=1S/C23H28N2O5S/c1-23(2)19-13-17(7-8-20(19)24(3)22(23)26)31(27,28)25-11-10-15(14-25)18-12-16(29-4)6-9-21(18)30-5/h6-9,12-13,15H,10-11,14H2,1-5H3/t15-/m1/s1. The Labute approximate surface area is 183 Å². The lowest BCUT2D eigenvalue weighted by atomic mass is 9.86. The summed E-state index contributed by atoms with van der Waals surface area (Å²) in [5.74, 6) is 1.42. The summed E-state index contributed by atoms with van der Waals surface area (Å²) in [5.41, 5.74) is 1.69. The van der Waals surface area contributed by atoms with Gasteiger partial charge in [-0.1, -0.05) is 0 Å². The quantitative estimate of drug-likeness (QED) is 0.708.